The Morgan fingerprint density at radius 1 is 1.15 bits per heavy atom. The molecule has 0 aliphatic rings. The first-order chi connectivity index (χ1) is 12.6. The van der Waals surface area contributed by atoms with Crippen molar-refractivity contribution in [2.45, 2.75) is 54.1 Å². The number of hydrogen-bond acceptors (Lipinski definition) is 5. The van der Waals surface area contributed by atoms with Crippen LogP contribution in [0.2, 0.25) is 0 Å². The van der Waals surface area contributed by atoms with Crippen molar-refractivity contribution >= 4 is 29.1 Å². The lowest BCUT2D eigenvalue weighted by Crippen LogP contribution is -2.41. The summed E-state index contributed by atoms with van der Waals surface area (Å²) in [4.78, 5) is 41.4. The Bertz CT molecular complexity index is 880. The summed E-state index contributed by atoms with van der Waals surface area (Å²) in [5, 5.41) is 0. The van der Waals surface area contributed by atoms with Crippen LogP contribution >= 0.6 is 11.3 Å². The fourth-order valence-electron chi connectivity index (χ4n) is 2.78. The quantitative estimate of drug-likeness (QED) is 0.538. The lowest BCUT2D eigenvalue weighted by Gasteiger charge is -2.08. The van der Waals surface area contributed by atoms with Crippen molar-refractivity contribution in [2.75, 3.05) is 0 Å². The molecule has 0 aliphatic carbocycles. The molecule has 2 heterocycles. The highest BCUT2D eigenvalue weighted by molar-refractivity contribution is 7.14. The van der Waals surface area contributed by atoms with E-state index in [9.17, 15) is 14.4 Å². The summed E-state index contributed by atoms with van der Waals surface area (Å²) >= 11 is 1.40. The Balaban J connectivity index is 2.10. The van der Waals surface area contributed by atoms with Gasteiger partial charge in [0.25, 0.3) is 11.8 Å². The molecule has 0 bridgehead atoms. The van der Waals surface area contributed by atoms with Crippen molar-refractivity contribution in [2.24, 2.45) is 0 Å². The third kappa shape index (κ3) is 4.57. The van der Waals surface area contributed by atoms with Crippen molar-refractivity contribution < 1.29 is 19.1 Å². The van der Waals surface area contributed by atoms with Crippen molar-refractivity contribution in [3.63, 3.8) is 0 Å². The van der Waals surface area contributed by atoms with E-state index < -0.39 is 11.9 Å². The predicted octanol–water partition coefficient (Wildman–Crippen LogP) is 3.20. The summed E-state index contributed by atoms with van der Waals surface area (Å²) in [6.45, 7) is 10.9. The standard InChI is InChI=1S/C19H25N3O4S/c1-7-13-10(4)8-14(27-13)17(23)21-22-18(24)16-11(5)15(12(6)20-16)19(25)26-9(2)3/h8-9,20H,7H2,1-6H3,(H,21,23)(H,22,24). The summed E-state index contributed by atoms with van der Waals surface area (Å²) in [7, 11) is 0. The number of aromatic nitrogens is 1. The molecule has 0 spiro atoms. The number of thiophene rings is 1. The molecule has 2 amide bonds. The molecule has 0 unspecified atom stereocenters. The maximum Gasteiger partial charge on any atom is 0.340 e. The van der Waals surface area contributed by atoms with E-state index in [-0.39, 0.29) is 17.7 Å². The summed E-state index contributed by atoms with van der Waals surface area (Å²) in [5.41, 5.74) is 7.42. The van der Waals surface area contributed by atoms with Crippen LogP contribution in [-0.4, -0.2) is 28.9 Å². The molecule has 8 heteroatoms. The van der Waals surface area contributed by atoms with Gasteiger partial charge in [-0.3, -0.25) is 20.4 Å². The van der Waals surface area contributed by atoms with Crippen molar-refractivity contribution in [3.8, 4) is 0 Å². The Hall–Kier alpha value is -2.61. The number of carbonyl (C=O) groups is 3. The number of rotatable bonds is 5. The number of hydrogen-bond donors (Lipinski definition) is 3. The fourth-order valence-corrected chi connectivity index (χ4v) is 3.79. The Morgan fingerprint density at radius 2 is 1.78 bits per heavy atom. The predicted molar refractivity (Wildman–Crippen MR) is 104 cm³/mol. The van der Waals surface area contributed by atoms with Gasteiger partial charge in [-0.1, -0.05) is 6.92 Å². The number of nitrogens with one attached hydrogen (secondary N) is 3. The summed E-state index contributed by atoms with van der Waals surface area (Å²) in [5.74, 6) is -1.39. The van der Waals surface area contributed by atoms with E-state index in [4.69, 9.17) is 4.74 Å². The number of carbonyl (C=O) groups excluding carboxylic acids is 3. The molecule has 2 rings (SSSR count). The van der Waals surface area contributed by atoms with Crippen molar-refractivity contribution in [3.05, 3.63) is 43.9 Å². The summed E-state index contributed by atoms with van der Waals surface area (Å²) < 4.78 is 5.21. The van der Waals surface area contributed by atoms with E-state index in [0.29, 0.717) is 21.7 Å². The molecule has 0 saturated carbocycles. The minimum atomic E-state index is -0.531. The molecular formula is C19H25N3O4S. The van der Waals surface area contributed by atoms with Crippen molar-refractivity contribution in [1.82, 2.24) is 15.8 Å². The minimum Gasteiger partial charge on any atom is -0.459 e. The third-order valence-corrected chi connectivity index (χ3v) is 5.45. The first kappa shape index (κ1) is 20.7. The van der Waals surface area contributed by atoms with Gasteiger partial charge >= 0.3 is 5.97 Å². The molecule has 2 aromatic heterocycles. The zero-order chi connectivity index (χ0) is 20.3. The SMILES string of the molecule is CCc1sc(C(=O)NNC(=O)c2[nH]c(C)c(C(=O)OC(C)C)c2C)cc1C. The van der Waals surface area contributed by atoms with Crippen LogP contribution in [-0.2, 0) is 11.2 Å². The molecular weight excluding hydrogens is 366 g/mol. The average molecular weight is 391 g/mol. The molecule has 0 fully saturated rings. The van der Waals surface area contributed by atoms with Gasteiger partial charge in [0.2, 0.25) is 0 Å². The van der Waals surface area contributed by atoms with E-state index in [0.717, 1.165) is 16.9 Å². The molecule has 0 aliphatic heterocycles. The molecule has 3 N–H and O–H groups in total. The molecule has 27 heavy (non-hydrogen) atoms. The first-order valence-electron chi connectivity index (χ1n) is 8.75. The topological polar surface area (TPSA) is 100 Å². The van der Waals surface area contributed by atoms with Crippen LogP contribution in [0, 0.1) is 20.8 Å². The minimum absolute atomic E-state index is 0.208. The lowest BCUT2D eigenvalue weighted by molar-refractivity contribution is 0.0376. The smallest absolute Gasteiger partial charge is 0.340 e. The second kappa shape index (κ2) is 8.39. The normalized spacial score (nSPS) is 10.8. The monoisotopic (exact) mass is 391 g/mol. The molecule has 2 aromatic rings. The molecule has 0 radical (unpaired) electrons. The lowest BCUT2D eigenvalue weighted by atomic mass is 10.1. The number of esters is 1. The highest BCUT2D eigenvalue weighted by atomic mass is 32.1. The van der Waals surface area contributed by atoms with Crippen LogP contribution in [0.3, 0.4) is 0 Å². The van der Waals surface area contributed by atoms with E-state index in [1.165, 1.54) is 11.3 Å². The third-order valence-electron chi connectivity index (χ3n) is 4.07. The van der Waals surface area contributed by atoms with Gasteiger partial charge in [-0.25, -0.2) is 4.79 Å². The van der Waals surface area contributed by atoms with Gasteiger partial charge in [-0.05, 0) is 58.2 Å². The molecule has 0 aromatic carbocycles. The number of ether oxygens (including phenoxy) is 1. The number of amides is 2. The van der Waals surface area contributed by atoms with Crippen LogP contribution in [0.1, 0.15) is 73.0 Å². The van der Waals surface area contributed by atoms with Gasteiger partial charge in [-0.15, -0.1) is 11.3 Å². The zero-order valence-electron chi connectivity index (χ0n) is 16.4. The molecule has 0 saturated heterocycles. The molecule has 7 nitrogen and oxygen atoms in total. The highest BCUT2D eigenvalue weighted by Gasteiger charge is 2.24. The molecule has 0 atom stereocenters. The van der Waals surface area contributed by atoms with E-state index in [2.05, 4.69) is 15.8 Å². The molecule has 146 valence electrons. The fraction of sp³-hybridized carbons (Fsp3) is 0.421. The van der Waals surface area contributed by atoms with Gasteiger partial charge in [0.05, 0.1) is 16.5 Å². The number of aryl methyl sites for hydroxylation is 3. The Labute approximate surface area is 162 Å². The van der Waals surface area contributed by atoms with Gasteiger partial charge in [0.15, 0.2) is 0 Å². The van der Waals surface area contributed by atoms with Crippen LogP contribution in [0.25, 0.3) is 0 Å². The van der Waals surface area contributed by atoms with Crippen molar-refractivity contribution in [1.29, 1.82) is 0 Å². The summed E-state index contributed by atoms with van der Waals surface area (Å²) in [6.07, 6.45) is 0.594. The van der Waals surface area contributed by atoms with Gasteiger partial charge < -0.3 is 9.72 Å². The second-order valence-electron chi connectivity index (χ2n) is 6.56. The van der Waals surface area contributed by atoms with E-state index in [1.807, 2.05) is 13.8 Å². The van der Waals surface area contributed by atoms with Crippen LogP contribution in [0.5, 0.6) is 0 Å². The maximum absolute atomic E-state index is 12.4. The van der Waals surface area contributed by atoms with Crippen LogP contribution < -0.4 is 10.9 Å². The van der Waals surface area contributed by atoms with Gasteiger partial charge in [-0.2, -0.15) is 0 Å². The Morgan fingerprint density at radius 3 is 2.33 bits per heavy atom. The van der Waals surface area contributed by atoms with Crippen LogP contribution in [0.15, 0.2) is 6.07 Å². The van der Waals surface area contributed by atoms with Gasteiger partial charge in [0, 0.05) is 10.6 Å². The number of hydrazine groups is 1. The van der Waals surface area contributed by atoms with E-state index in [1.54, 1.807) is 33.8 Å². The maximum atomic E-state index is 12.4. The number of H-pyrrole nitrogens is 1. The Kier molecular flexibility index (Phi) is 6.43. The first-order valence-corrected chi connectivity index (χ1v) is 9.57. The number of aromatic amines is 1. The highest BCUT2D eigenvalue weighted by Crippen LogP contribution is 2.22. The van der Waals surface area contributed by atoms with Crippen LogP contribution in [0.4, 0.5) is 0 Å². The van der Waals surface area contributed by atoms with Gasteiger partial charge in [0.1, 0.15) is 5.69 Å². The zero-order valence-corrected chi connectivity index (χ0v) is 17.2. The summed E-state index contributed by atoms with van der Waals surface area (Å²) in [6, 6.07) is 1.80. The van der Waals surface area contributed by atoms with E-state index >= 15 is 0 Å². The second-order valence-corrected chi connectivity index (χ2v) is 7.69. The average Bonchev–Trinajstić information content (AvgIpc) is 3.11. The largest absolute Gasteiger partial charge is 0.459 e.